The van der Waals surface area contributed by atoms with Crippen molar-refractivity contribution in [2.75, 3.05) is 11.9 Å². The molecule has 1 aromatic carbocycles. The minimum absolute atomic E-state index is 0.0353. The third-order valence-electron chi connectivity index (χ3n) is 2.53. The van der Waals surface area contributed by atoms with Gasteiger partial charge < -0.3 is 10.6 Å². The van der Waals surface area contributed by atoms with E-state index in [2.05, 4.69) is 40.4 Å². The molecule has 1 rings (SSSR count). The molecule has 0 fully saturated rings. The molecule has 1 amide bonds. The molecule has 0 radical (unpaired) electrons. The topological polar surface area (TPSA) is 64.9 Å². The van der Waals surface area contributed by atoms with E-state index >= 15 is 0 Å². The van der Waals surface area contributed by atoms with E-state index in [0.29, 0.717) is 12.3 Å². The maximum absolute atomic E-state index is 12.0. The molecule has 1 atom stereocenters. The lowest BCUT2D eigenvalue weighted by Gasteiger charge is -2.20. The monoisotopic (exact) mass is 323 g/mol. The first-order chi connectivity index (χ1) is 9.02. The quantitative estimate of drug-likeness (QED) is 0.791. The van der Waals surface area contributed by atoms with Gasteiger partial charge in [0.2, 0.25) is 5.91 Å². The molecule has 1 unspecified atom stereocenters. The summed E-state index contributed by atoms with van der Waals surface area (Å²) in [5, 5.41) is 14.3. The molecule has 0 bridgehead atoms. The maximum atomic E-state index is 12.0. The highest BCUT2D eigenvalue weighted by Gasteiger charge is 2.19. The van der Waals surface area contributed by atoms with Crippen molar-refractivity contribution in [3.05, 3.63) is 28.7 Å². The molecule has 102 valence electrons. The van der Waals surface area contributed by atoms with Crippen LogP contribution in [0.2, 0.25) is 0 Å². The van der Waals surface area contributed by atoms with Crippen molar-refractivity contribution in [3.63, 3.8) is 0 Å². The Labute approximate surface area is 122 Å². The van der Waals surface area contributed by atoms with E-state index in [9.17, 15) is 4.79 Å². The Bertz CT molecular complexity index is 468. The predicted molar refractivity (Wildman–Crippen MR) is 79.6 cm³/mol. The number of anilines is 1. The molecular weight excluding hydrogens is 306 g/mol. The van der Waals surface area contributed by atoms with Crippen molar-refractivity contribution in [2.24, 2.45) is 5.92 Å². The van der Waals surface area contributed by atoms with Crippen LogP contribution in [0.25, 0.3) is 0 Å². The second kappa shape index (κ2) is 7.80. The largest absolute Gasteiger partial charge is 0.374 e. The van der Waals surface area contributed by atoms with Gasteiger partial charge in [0.25, 0.3) is 0 Å². The van der Waals surface area contributed by atoms with E-state index in [1.807, 2.05) is 30.3 Å². The van der Waals surface area contributed by atoms with Gasteiger partial charge in [-0.05, 0) is 30.5 Å². The van der Waals surface area contributed by atoms with Gasteiger partial charge in [-0.2, -0.15) is 5.26 Å². The summed E-state index contributed by atoms with van der Waals surface area (Å²) in [6, 6.07) is 9.25. The van der Waals surface area contributed by atoms with Crippen LogP contribution in [0.5, 0.6) is 0 Å². The van der Waals surface area contributed by atoms with Crippen LogP contribution in [0.15, 0.2) is 28.7 Å². The maximum Gasteiger partial charge on any atom is 0.243 e. The molecule has 5 heteroatoms. The number of halogens is 1. The molecule has 0 saturated carbocycles. The lowest BCUT2D eigenvalue weighted by Crippen LogP contribution is -2.40. The van der Waals surface area contributed by atoms with Crippen LogP contribution in [0, 0.1) is 17.2 Å². The molecule has 4 nitrogen and oxygen atoms in total. The van der Waals surface area contributed by atoms with E-state index in [-0.39, 0.29) is 18.5 Å². The molecule has 0 aliphatic heterocycles. The zero-order valence-corrected chi connectivity index (χ0v) is 12.7. The summed E-state index contributed by atoms with van der Waals surface area (Å²) in [4.78, 5) is 12.0. The average Bonchev–Trinajstić information content (AvgIpc) is 2.34. The highest BCUT2D eigenvalue weighted by molar-refractivity contribution is 9.10. The van der Waals surface area contributed by atoms with Gasteiger partial charge in [0, 0.05) is 10.2 Å². The number of nitrogens with one attached hydrogen (secondary N) is 2. The smallest absolute Gasteiger partial charge is 0.243 e. The predicted octanol–water partition coefficient (Wildman–Crippen LogP) is 2.92. The van der Waals surface area contributed by atoms with Crippen LogP contribution in [0.1, 0.15) is 20.3 Å². The highest BCUT2D eigenvalue weighted by atomic mass is 79.9. The van der Waals surface area contributed by atoms with Crippen molar-refractivity contribution in [1.82, 2.24) is 5.32 Å². The molecule has 19 heavy (non-hydrogen) atoms. The van der Waals surface area contributed by atoms with Gasteiger partial charge in [-0.3, -0.25) is 4.79 Å². The molecule has 0 heterocycles. The molecule has 0 aromatic heterocycles. The first-order valence-corrected chi connectivity index (χ1v) is 6.99. The normalized spacial score (nSPS) is 11.7. The number of nitriles is 1. The van der Waals surface area contributed by atoms with Crippen LogP contribution in [-0.4, -0.2) is 18.5 Å². The molecule has 0 aliphatic carbocycles. The van der Waals surface area contributed by atoms with Crippen LogP contribution in [0.4, 0.5) is 5.69 Å². The Kier molecular flexibility index (Phi) is 6.37. The fraction of sp³-hybridized carbons (Fsp3) is 0.429. The number of hydrogen-bond donors (Lipinski definition) is 2. The van der Waals surface area contributed by atoms with Crippen molar-refractivity contribution in [3.8, 4) is 6.07 Å². The Hall–Kier alpha value is -1.54. The van der Waals surface area contributed by atoms with Crippen LogP contribution in [-0.2, 0) is 4.79 Å². The zero-order valence-electron chi connectivity index (χ0n) is 11.1. The molecule has 2 N–H and O–H groups in total. The number of carbonyl (C=O) groups is 1. The minimum Gasteiger partial charge on any atom is -0.374 e. The molecule has 0 aliphatic rings. The van der Waals surface area contributed by atoms with Crippen molar-refractivity contribution < 1.29 is 4.79 Å². The lowest BCUT2D eigenvalue weighted by molar-refractivity contribution is -0.121. The summed E-state index contributed by atoms with van der Waals surface area (Å²) in [7, 11) is 0. The van der Waals surface area contributed by atoms with E-state index in [4.69, 9.17) is 5.26 Å². The van der Waals surface area contributed by atoms with Gasteiger partial charge in [-0.1, -0.05) is 35.8 Å². The number of amides is 1. The Morgan fingerprint density at radius 1 is 1.47 bits per heavy atom. The van der Waals surface area contributed by atoms with Gasteiger partial charge in [-0.15, -0.1) is 0 Å². The summed E-state index contributed by atoms with van der Waals surface area (Å²) in [6.07, 6.45) is 0.712. The molecule has 0 spiro atoms. The van der Waals surface area contributed by atoms with Crippen molar-refractivity contribution >= 4 is 27.5 Å². The number of rotatable bonds is 6. The molecule has 0 saturated heterocycles. The van der Waals surface area contributed by atoms with Crippen molar-refractivity contribution in [2.45, 2.75) is 26.3 Å². The van der Waals surface area contributed by atoms with Gasteiger partial charge >= 0.3 is 0 Å². The van der Waals surface area contributed by atoms with Crippen LogP contribution in [0.3, 0.4) is 0 Å². The van der Waals surface area contributed by atoms with E-state index in [1.54, 1.807) is 0 Å². The lowest BCUT2D eigenvalue weighted by atomic mass is 10.0. The first kappa shape index (κ1) is 15.5. The third-order valence-corrected chi connectivity index (χ3v) is 3.02. The second-order valence-electron chi connectivity index (χ2n) is 4.71. The van der Waals surface area contributed by atoms with Gasteiger partial charge in [0.05, 0.1) is 6.07 Å². The first-order valence-electron chi connectivity index (χ1n) is 6.19. The summed E-state index contributed by atoms with van der Waals surface area (Å²) in [5.74, 6) is 0.243. The Morgan fingerprint density at radius 3 is 2.79 bits per heavy atom. The number of carbonyl (C=O) groups excluding carboxylic acids is 1. The molecular formula is C14H18BrN3O. The summed E-state index contributed by atoms with van der Waals surface area (Å²) in [6.45, 7) is 4.16. The zero-order chi connectivity index (χ0) is 14.3. The standard InChI is InChI=1S/C14H18BrN3O/c1-10(2)8-13(14(19)17-7-6-16)18-12-5-3-4-11(15)9-12/h3-5,9-10,13,18H,7-8H2,1-2H3,(H,17,19). The number of hydrogen-bond acceptors (Lipinski definition) is 3. The van der Waals surface area contributed by atoms with E-state index in [0.717, 1.165) is 10.2 Å². The Morgan fingerprint density at radius 2 is 2.21 bits per heavy atom. The summed E-state index contributed by atoms with van der Waals surface area (Å²) >= 11 is 3.40. The highest BCUT2D eigenvalue weighted by Crippen LogP contribution is 2.18. The second-order valence-corrected chi connectivity index (χ2v) is 5.63. The SMILES string of the molecule is CC(C)CC(Nc1cccc(Br)c1)C(=O)NCC#N. The minimum atomic E-state index is -0.331. The third kappa shape index (κ3) is 5.75. The fourth-order valence-corrected chi connectivity index (χ4v) is 2.13. The summed E-state index contributed by atoms with van der Waals surface area (Å²) in [5.41, 5.74) is 0.882. The van der Waals surface area contributed by atoms with Gasteiger partial charge in [0.1, 0.15) is 12.6 Å². The van der Waals surface area contributed by atoms with Crippen LogP contribution >= 0.6 is 15.9 Å². The van der Waals surface area contributed by atoms with Crippen LogP contribution < -0.4 is 10.6 Å². The summed E-state index contributed by atoms with van der Waals surface area (Å²) < 4.78 is 0.957. The van der Waals surface area contributed by atoms with Gasteiger partial charge in [-0.25, -0.2) is 0 Å². The van der Waals surface area contributed by atoms with E-state index < -0.39 is 0 Å². The number of benzene rings is 1. The fourth-order valence-electron chi connectivity index (χ4n) is 1.73. The molecule has 1 aromatic rings. The van der Waals surface area contributed by atoms with Gasteiger partial charge in [0.15, 0.2) is 0 Å². The number of nitrogens with zero attached hydrogens (tertiary/aromatic N) is 1. The van der Waals surface area contributed by atoms with Crippen molar-refractivity contribution in [1.29, 1.82) is 5.26 Å². The average molecular weight is 324 g/mol. The Balaban J connectivity index is 2.74. The van der Waals surface area contributed by atoms with E-state index in [1.165, 1.54) is 0 Å².